The lowest BCUT2D eigenvalue weighted by Gasteiger charge is -2.27. The standard InChI is InChI=1S/C14H18F2N2O3/c1-7-5-9(16)10(6-8(7)15)17-13(21)18-11(12(19)20)14(2,3)4/h5-6,11H,1-4H3,(H,19,20)(H2,17,18,21)/t11-/m1/s1. The molecule has 0 spiro atoms. The average molecular weight is 300 g/mol. The maximum atomic E-state index is 13.6. The molecule has 1 aromatic carbocycles. The largest absolute Gasteiger partial charge is 0.480 e. The second-order valence-corrected chi connectivity index (χ2v) is 5.82. The third kappa shape index (κ3) is 4.40. The van der Waals surface area contributed by atoms with Gasteiger partial charge in [-0.05, 0) is 24.0 Å². The van der Waals surface area contributed by atoms with Crippen LogP contribution in [0.2, 0.25) is 0 Å². The molecule has 2 amide bonds. The number of benzene rings is 1. The topological polar surface area (TPSA) is 78.4 Å². The summed E-state index contributed by atoms with van der Waals surface area (Å²) in [7, 11) is 0. The summed E-state index contributed by atoms with van der Waals surface area (Å²) >= 11 is 0. The number of aliphatic carboxylic acids is 1. The number of carboxylic acids is 1. The molecule has 0 radical (unpaired) electrons. The van der Waals surface area contributed by atoms with Gasteiger partial charge in [-0.15, -0.1) is 0 Å². The summed E-state index contributed by atoms with van der Waals surface area (Å²) in [6, 6.07) is -0.295. The maximum absolute atomic E-state index is 13.6. The predicted molar refractivity (Wildman–Crippen MR) is 74.1 cm³/mol. The van der Waals surface area contributed by atoms with E-state index in [0.717, 1.165) is 12.1 Å². The van der Waals surface area contributed by atoms with E-state index in [1.54, 1.807) is 20.8 Å². The molecule has 0 aromatic heterocycles. The Bertz CT molecular complexity index is 568. The van der Waals surface area contributed by atoms with Gasteiger partial charge in [0.2, 0.25) is 0 Å². The van der Waals surface area contributed by atoms with Crippen LogP contribution < -0.4 is 10.6 Å². The van der Waals surface area contributed by atoms with Gasteiger partial charge in [0, 0.05) is 6.07 Å². The summed E-state index contributed by atoms with van der Waals surface area (Å²) in [6.45, 7) is 6.30. The van der Waals surface area contributed by atoms with E-state index in [4.69, 9.17) is 5.11 Å². The van der Waals surface area contributed by atoms with Crippen LogP contribution in [-0.2, 0) is 4.79 Å². The normalized spacial score (nSPS) is 12.7. The van der Waals surface area contributed by atoms with Crippen LogP contribution in [0.15, 0.2) is 12.1 Å². The van der Waals surface area contributed by atoms with E-state index in [2.05, 4.69) is 10.6 Å². The van der Waals surface area contributed by atoms with Crippen molar-refractivity contribution < 1.29 is 23.5 Å². The number of anilines is 1. The molecule has 0 fully saturated rings. The molecule has 0 unspecified atom stereocenters. The van der Waals surface area contributed by atoms with Crippen LogP contribution in [0.4, 0.5) is 19.3 Å². The minimum Gasteiger partial charge on any atom is -0.480 e. The van der Waals surface area contributed by atoms with Gasteiger partial charge in [-0.2, -0.15) is 0 Å². The number of hydrogen-bond acceptors (Lipinski definition) is 2. The molecule has 0 saturated carbocycles. The summed E-state index contributed by atoms with van der Waals surface area (Å²) in [5, 5.41) is 13.4. The number of halogens is 2. The van der Waals surface area contributed by atoms with Gasteiger partial charge in [0.15, 0.2) is 0 Å². The molecule has 3 N–H and O–H groups in total. The van der Waals surface area contributed by atoms with Crippen molar-refractivity contribution in [1.29, 1.82) is 0 Å². The van der Waals surface area contributed by atoms with Gasteiger partial charge in [0.05, 0.1) is 5.69 Å². The predicted octanol–water partition coefficient (Wildman–Crippen LogP) is 2.89. The molecule has 21 heavy (non-hydrogen) atoms. The highest BCUT2D eigenvalue weighted by molar-refractivity contribution is 5.92. The molecule has 1 rings (SSSR count). The molecule has 5 nitrogen and oxygen atoms in total. The van der Waals surface area contributed by atoms with Gasteiger partial charge >= 0.3 is 12.0 Å². The van der Waals surface area contributed by atoms with Crippen LogP contribution in [-0.4, -0.2) is 23.1 Å². The summed E-state index contributed by atoms with van der Waals surface area (Å²) < 4.78 is 27.0. The Kier molecular flexibility index (Phi) is 4.88. The minimum atomic E-state index is -1.21. The highest BCUT2D eigenvalue weighted by Crippen LogP contribution is 2.21. The SMILES string of the molecule is Cc1cc(F)c(NC(=O)N[C@H](C(=O)O)C(C)(C)C)cc1F. The minimum absolute atomic E-state index is 0.108. The summed E-state index contributed by atoms with van der Waals surface area (Å²) in [5.41, 5.74) is -0.981. The fraction of sp³-hybridized carbons (Fsp3) is 0.429. The van der Waals surface area contributed by atoms with Crippen molar-refractivity contribution in [3.05, 3.63) is 29.3 Å². The molecule has 0 heterocycles. The summed E-state index contributed by atoms with van der Waals surface area (Å²) in [4.78, 5) is 22.9. The Labute approximate surface area is 121 Å². The number of aryl methyl sites for hydroxylation is 1. The number of carbonyl (C=O) groups excluding carboxylic acids is 1. The van der Waals surface area contributed by atoms with E-state index in [-0.39, 0.29) is 11.3 Å². The van der Waals surface area contributed by atoms with Gasteiger partial charge < -0.3 is 15.7 Å². The molecular weight excluding hydrogens is 282 g/mol. The van der Waals surface area contributed by atoms with Gasteiger partial charge in [-0.3, -0.25) is 0 Å². The van der Waals surface area contributed by atoms with Gasteiger partial charge in [-0.25, -0.2) is 18.4 Å². The van der Waals surface area contributed by atoms with Crippen molar-refractivity contribution >= 4 is 17.7 Å². The zero-order chi connectivity index (χ0) is 16.4. The lowest BCUT2D eigenvalue weighted by molar-refractivity contribution is -0.141. The average Bonchev–Trinajstić information content (AvgIpc) is 2.31. The number of carboxylic acid groups (broad SMARTS) is 1. The van der Waals surface area contributed by atoms with Crippen LogP contribution in [0.25, 0.3) is 0 Å². The van der Waals surface area contributed by atoms with Crippen LogP contribution >= 0.6 is 0 Å². The third-order valence-corrected chi connectivity index (χ3v) is 2.88. The van der Waals surface area contributed by atoms with Gasteiger partial charge in [0.25, 0.3) is 0 Å². The van der Waals surface area contributed by atoms with Gasteiger partial charge in [-0.1, -0.05) is 20.8 Å². The van der Waals surface area contributed by atoms with Crippen molar-refractivity contribution in [2.24, 2.45) is 5.41 Å². The highest BCUT2D eigenvalue weighted by atomic mass is 19.1. The Hall–Kier alpha value is -2.18. The quantitative estimate of drug-likeness (QED) is 0.803. The maximum Gasteiger partial charge on any atom is 0.326 e. The Balaban J connectivity index is 2.87. The highest BCUT2D eigenvalue weighted by Gasteiger charge is 2.32. The zero-order valence-corrected chi connectivity index (χ0v) is 12.3. The first kappa shape index (κ1) is 16.9. The first-order chi connectivity index (χ1) is 9.52. The lowest BCUT2D eigenvalue weighted by atomic mass is 9.87. The fourth-order valence-corrected chi connectivity index (χ4v) is 1.68. The van der Waals surface area contributed by atoms with E-state index >= 15 is 0 Å². The van der Waals surface area contributed by atoms with E-state index in [0.29, 0.717) is 0 Å². The second-order valence-electron chi connectivity index (χ2n) is 5.82. The van der Waals surface area contributed by atoms with E-state index in [1.807, 2.05) is 0 Å². The zero-order valence-electron chi connectivity index (χ0n) is 12.3. The molecule has 0 aliphatic rings. The second kappa shape index (κ2) is 6.07. The van der Waals surface area contributed by atoms with Crippen molar-refractivity contribution in [2.45, 2.75) is 33.7 Å². The van der Waals surface area contributed by atoms with Crippen molar-refractivity contribution in [3.8, 4) is 0 Å². The van der Waals surface area contributed by atoms with Gasteiger partial charge in [0.1, 0.15) is 17.7 Å². The molecule has 1 aromatic rings. The molecule has 116 valence electrons. The molecule has 0 aliphatic heterocycles. The van der Waals surface area contributed by atoms with Crippen LogP contribution in [0.5, 0.6) is 0 Å². The summed E-state index contributed by atoms with van der Waals surface area (Å²) in [5.74, 6) is -2.68. The van der Waals surface area contributed by atoms with Crippen molar-refractivity contribution in [2.75, 3.05) is 5.32 Å². The molecule has 0 aliphatic carbocycles. The first-order valence-electron chi connectivity index (χ1n) is 6.28. The van der Waals surface area contributed by atoms with E-state index in [9.17, 15) is 18.4 Å². The molecule has 0 bridgehead atoms. The molecule has 7 heteroatoms. The number of urea groups is 1. The van der Waals surface area contributed by atoms with E-state index in [1.165, 1.54) is 6.92 Å². The van der Waals surface area contributed by atoms with Crippen molar-refractivity contribution in [1.82, 2.24) is 5.32 Å². The smallest absolute Gasteiger partial charge is 0.326 e. The fourth-order valence-electron chi connectivity index (χ4n) is 1.68. The van der Waals surface area contributed by atoms with E-state index < -0.39 is 35.1 Å². The number of rotatable bonds is 3. The number of amides is 2. The molecular formula is C14H18F2N2O3. The van der Waals surface area contributed by atoms with Crippen LogP contribution in [0, 0.1) is 24.0 Å². The number of hydrogen-bond donors (Lipinski definition) is 3. The monoisotopic (exact) mass is 300 g/mol. The van der Waals surface area contributed by atoms with Crippen LogP contribution in [0.3, 0.4) is 0 Å². The first-order valence-corrected chi connectivity index (χ1v) is 6.28. The Morgan fingerprint density at radius 2 is 1.76 bits per heavy atom. The number of carbonyl (C=O) groups is 2. The molecule has 1 atom stereocenters. The summed E-state index contributed by atoms with van der Waals surface area (Å²) in [6.07, 6.45) is 0. The van der Waals surface area contributed by atoms with Crippen molar-refractivity contribution in [3.63, 3.8) is 0 Å². The Morgan fingerprint density at radius 1 is 1.19 bits per heavy atom. The third-order valence-electron chi connectivity index (χ3n) is 2.88. The Morgan fingerprint density at radius 3 is 2.24 bits per heavy atom. The van der Waals surface area contributed by atoms with Crippen LogP contribution in [0.1, 0.15) is 26.3 Å². The molecule has 0 saturated heterocycles. The lowest BCUT2D eigenvalue weighted by Crippen LogP contribution is -2.50. The number of nitrogens with one attached hydrogen (secondary N) is 2.